The molecule has 0 bridgehead atoms. The lowest BCUT2D eigenvalue weighted by molar-refractivity contribution is 0.578. The molecule has 0 N–H and O–H groups in total. The summed E-state index contributed by atoms with van der Waals surface area (Å²) in [6, 6.07) is 16.3. The molecule has 0 aliphatic carbocycles. The Bertz CT molecular complexity index is 1390. The Kier molecular flexibility index (Phi) is 6.84. The monoisotopic (exact) mass is 472 g/mol. The lowest BCUT2D eigenvalue weighted by Crippen LogP contribution is -1.99. The lowest BCUT2D eigenvalue weighted by Gasteiger charge is -2.09. The first kappa shape index (κ1) is 23.6. The number of halogens is 4. The molecule has 0 atom stereocenters. The predicted octanol–water partition coefficient (Wildman–Crippen LogP) is 6.96. The van der Waals surface area contributed by atoms with Gasteiger partial charge in [0.15, 0.2) is 5.82 Å². The molecule has 0 fully saturated rings. The van der Waals surface area contributed by atoms with Crippen LogP contribution in [0, 0.1) is 41.2 Å². The molecule has 4 nitrogen and oxygen atoms in total. The van der Waals surface area contributed by atoms with Gasteiger partial charge in [-0.05, 0) is 67.8 Å². The fourth-order valence-corrected chi connectivity index (χ4v) is 3.68. The summed E-state index contributed by atoms with van der Waals surface area (Å²) in [4.78, 5) is 11.8. The van der Waals surface area contributed by atoms with Crippen molar-refractivity contribution in [2.24, 2.45) is 0 Å². The Morgan fingerprint density at radius 1 is 0.743 bits per heavy atom. The summed E-state index contributed by atoms with van der Waals surface area (Å²) in [7, 11) is 0. The van der Waals surface area contributed by atoms with Crippen molar-refractivity contribution in [2.45, 2.75) is 19.3 Å². The summed E-state index contributed by atoms with van der Waals surface area (Å²) < 4.78 is 56.3. The molecular weight excluding hydrogens is 456 g/mol. The zero-order valence-electron chi connectivity index (χ0n) is 18.2. The quantitative estimate of drug-likeness (QED) is 0.225. The molecule has 8 heteroatoms. The van der Waals surface area contributed by atoms with E-state index in [2.05, 4.69) is 14.8 Å². The average Bonchev–Trinajstić information content (AvgIpc) is 2.85. The highest BCUT2D eigenvalue weighted by Crippen LogP contribution is 2.31. The molecule has 0 saturated heterocycles. The molecule has 2 aromatic heterocycles. The standard InChI is InChI=1S/C27H16F4N4/c1-33-27-22(29)14-12-19(26(27)31)24-10-4-8-17(35-24)6-2-5-16-7-3-9-23(34-16)18-11-13-21(28)20(15-32)25(18)30/h3-4,7-14H,2,5-6H2. The van der Waals surface area contributed by atoms with Crippen molar-refractivity contribution in [2.75, 3.05) is 0 Å². The number of nitrogens with zero attached hydrogens (tertiary/aromatic N) is 4. The van der Waals surface area contributed by atoms with Gasteiger partial charge in [0.25, 0.3) is 5.69 Å². The van der Waals surface area contributed by atoms with E-state index in [1.54, 1.807) is 36.4 Å². The molecule has 0 aliphatic heterocycles. The molecule has 0 saturated carbocycles. The van der Waals surface area contributed by atoms with Crippen LogP contribution in [0.15, 0.2) is 60.7 Å². The Balaban J connectivity index is 1.49. The number of hydrogen-bond acceptors (Lipinski definition) is 3. The predicted molar refractivity (Wildman–Crippen MR) is 122 cm³/mol. The second kappa shape index (κ2) is 10.1. The summed E-state index contributed by atoms with van der Waals surface area (Å²) >= 11 is 0. The maximum absolute atomic E-state index is 14.5. The van der Waals surface area contributed by atoms with Gasteiger partial charge in [-0.15, -0.1) is 0 Å². The third-order valence-corrected chi connectivity index (χ3v) is 5.41. The van der Waals surface area contributed by atoms with Gasteiger partial charge in [-0.25, -0.2) is 22.4 Å². The zero-order chi connectivity index (χ0) is 24.9. The summed E-state index contributed by atoms with van der Waals surface area (Å²) in [5, 5.41) is 8.99. The van der Waals surface area contributed by atoms with E-state index in [1.165, 1.54) is 18.2 Å². The largest absolute Gasteiger partial charge is 0.257 e. The first-order chi connectivity index (χ1) is 16.9. The first-order valence-corrected chi connectivity index (χ1v) is 10.6. The van der Waals surface area contributed by atoms with Crippen molar-refractivity contribution < 1.29 is 17.6 Å². The van der Waals surface area contributed by atoms with Gasteiger partial charge in [-0.3, -0.25) is 9.97 Å². The van der Waals surface area contributed by atoms with Crippen molar-refractivity contribution in [1.29, 1.82) is 5.26 Å². The van der Waals surface area contributed by atoms with Crippen LogP contribution >= 0.6 is 0 Å². The molecular formula is C27H16F4N4. The van der Waals surface area contributed by atoms with E-state index in [1.807, 2.05) is 0 Å². The van der Waals surface area contributed by atoms with Crippen LogP contribution in [0.2, 0.25) is 0 Å². The molecule has 0 amide bonds. The van der Waals surface area contributed by atoms with Gasteiger partial charge in [0.2, 0.25) is 0 Å². The molecule has 4 rings (SSSR count). The third kappa shape index (κ3) is 4.87. The van der Waals surface area contributed by atoms with Gasteiger partial charge in [0.1, 0.15) is 29.1 Å². The first-order valence-electron chi connectivity index (χ1n) is 10.6. The van der Waals surface area contributed by atoms with Crippen LogP contribution in [0.1, 0.15) is 23.4 Å². The molecule has 0 aliphatic rings. The molecule has 0 spiro atoms. The van der Waals surface area contributed by atoms with Gasteiger partial charge in [0.05, 0.1) is 18.0 Å². The van der Waals surface area contributed by atoms with Crippen LogP contribution in [-0.4, -0.2) is 9.97 Å². The normalized spacial score (nSPS) is 10.6. The van der Waals surface area contributed by atoms with Crippen LogP contribution in [0.4, 0.5) is 23.2 Å². The van der Waals surface area contributed by atoms with Crippen molar-refractivity contribution >= 4 is 5.69 Å². The second-order valence-electron chi connectivity index (χ2n) is 7.65. The van der Waals surface area contributed by atoms with E-state index in [-0.39, 0.29) is 11.1 Å². The number of benzene rings is 2. The highest BCUT2D eigenvalue weighted by atomic mass is 19.1. The molecule has 0 unspecified atom stereocenters. The summed E-state index contributed by atoms with van der Waals surface area (Å²) in [5.41, 5.74) is 0.708. The van der Waals surface area contributed by atoms with Crippen LogP contribution in [0.5, 0.6) is 0 Å². The van der Waals surface area contributed by atoms with Crippen LogP contribution < -0.4 is 0 Å². The molecule has 172 valence electrons. The van der Waals surface area contributed by atoms with E-state index in [4.69, 9.17) is 11.8 Å². The number of aromatic nitrogens is 2. The fraction of sp³-hybridized carbons (Fsp3) is 0.111. The van der Waals surface area contributed by atoms with Gasteiger partial charge in [0, 0.05) is 22.5 Å². The lowest BCUT2D eigenvalue weighted by atomic mass is 10.0. The van der Waals surface area contributed by atoms with Crippen molar-refractivity contribution in [1.82, 2.24) is 9.97 Å². The molecule has 2 aromatic carbocycles. The SMILES string of the molecule is [C-]#[N+]c1c(F)ccc(-c2cccc(CCCc3cccc(-c4ccc(F)c(C#N)c4F)n3)n2)c1F. The minimum absolute atomic E-state index is 0.0410. The minimum atomic E-state index is -0.951. The van der Waals surface area contributed by atoms with Crippen molar-refractivity contribution in [3.8, 4) is 28.6 Å². The van der Waals surface area contributed by atoms with Gasteiger partial charge in [-0.2, -0.15) is 5.26 Å². The second-order valence-corrected chi connectivity index (χ2v) is 7.65. The van der Waals surface area contributed by atoms with Crippen LogP contribution in [0.3, 0.4) is 0 Å². The van der Waals surface area contributed by atoms with Gasteiger partial charge < -0.3 is 0 Å². The number of pyridine rings is 2. The average molecular weight is 472 g/mol. The van der Waals surface area contributed by atoms with Crippen LogP contribution in [0.25, 0.3) is 27.4 Å². The summed E-state index contributed by atoms with van der Waals surface area (Å²) in [5.74, 6) is -3.74. The highest BCUT2D eigenvalue weighted by molar-refractivity contribution is 5.67. The Labute approximate surface area is 199 Å². The van der Waals surface area contributed by atoms with Gasteiger partial charge in [-0.1, -0.05) is 12.1 Å². The zero-order valence-corrected chi connectivity index (χ0v) is 18.2. The topological polar surface area (TPSA) is 53.9 Å². The van der Waals surface area contributed by atoms with Crippen molar-refractivity contribution in [3.05, 3.63) is 112 Å². The van der Waals surface area contributed by atoms with E-state index in [0.29, 0.717) is 42.0 Å². The Morgan fingerprint density at radius 2 is 1.29 bits per heavy atom. The third-order valence-electron chi connectivity index (χ3n) is 5.41. The van der Waals surface area contributed by atoms with E-state index in [9.17, 15) is 17.6 Å². The molecule has 0 radical (unpaired) electrons. The van der Waals surface area contributed by atoms with Crippen LogP contribution in [-0.2, 0) is 12.8 Å². The maximum atomic E-state index is 14.5. The number of hydrogen-bond donors (Lipinski definition) is 0. The van der Waals surface area contributed by atoms with E-state index >= 15 is 0 Å². The highest BCUT2D eigenvalue weighted by Gasteiger charge is 2.17. The number of aryl methyl sites for hydroxylation is 2. The number of rotatable bonds is 6. The number of nitriles is 1. The Hall–Kier alpha value is -4.56. The van der Waals surface area contributed by atoms with Gasteiger partial charge >= 0.3 is 0 Å². The molecule has 4 aromatic rings. The van der Waals surface area contributed by atoms with E-state index < -0.39 is 34.5 Å². The minimum Gasteiger partial charge on any atom is -0.253 e. The van der Waals surface area contributed by atoms with E-state index in [0.717, 1.165) is 12.1 Å². The van der Waals surface area contributed by atoms with Crippen molar-refractivity contribution in [3.63, 3.8) is 0 Å². The maximum Gasteiger partial charge on any atom is 0.257 e. The summed E-state index contributed by atoms with van der Waals surface area (Å²) in [6.07, 6.45) is 1.68. The Morgan fingerprint density at radius 3 is 1.83 bits per heavy atom. The summed E-state index contributed by atoms with van der Waals surface area (Å²) in [6.45, 7) is 6.98. The molecule has 2 heterocycles. The fourth-order valence-electron chi connectivity index (χ4n) is 3.68. The smallest absolute Gasteiger partial charge is 0.253 e. The molecule has 35 heavy (non-hydrogen) atoms.